The number of alkyl halides is 1. The van der Waals surface area contributed by atoms with Crippen LogP contribution in [0.15, 0.2) is 0 Å². The van der Waals surface area contributed by atoms with Gasteiger partial charge in [0.05, 0.1) is 0 Å². The first kappa shape index (κ1) is 10.3. The fraction of sp³-hybridized carbons (Fsp3) is 1.00. The van der Waals surface area contributed by atoms with Gasteiger partial charge in [-0.2, -0.15) is 0 Å². The van der Waals surface area contributed by atoms with Gasteiger partial charge in [-0.15, -0.1) is 11.8 Å². The summed E-state index contributed by atoms with van der Waals surface area (Å²) >= 11 is 1.80. The monoisotopic (exact) mass is 191 g/mol. The van der Waals surface area contributed by atoms with Gasteiger partial charge in [0.15, 0.2) is 0 Å². The molecular formula is C9H18FNS. The molecule has 0 heterocycles. The van der Waals surface area contributed by atoms with E-state index in [9.17, 15) is 4.39 Å². The normalized spacial score (nSPS) is 39.5. The lowest BCUT2D eigenvalue weighted by atomic mass is 9.89. The molecule has 1 rings (SSSR count). The van der Waals surface area contributed by atoms with Gasteiger partial charge in [0.2, 0.25) is 0 Å². The Bertz CT molecular complexity index is 140. The molecule has 0 spiro atoms. The van der Waals surface area contributed by atoms with Gasteiger partial charge in [-0.05, 0) is 32.1 Å². The van der Waals surface area contributed by atoms with Crippen LogP contribution in [0, 0.1) is 5.92 Å². The van der Waals surface area contributed by atoms with Crippen LogP contribution in [0.1, 0.15) is 33.1 Å². The van der Waals surface area contributed by atoms with Gasteiger partial charge in [-0.3, -0.25) is 0 Å². The van der Waals surface area contributed by atoms with Crippen molar-refractivity contribution in [3.63, 3.8) is 0 Å². The Morgan fingerprint density at radius 3 is 2.67 bits per heavy atom. The second-order valence-electron chi connectivity index (χ2n) is 3.77. The summed E-state index contributed by atoms with van der Waals surface area (Å²) in [6.45, 7) is 4.13. The molecule has 0 amide bonds. The van der Waals surface area contributed by atoms with E-state index in [1.165, 1.54) is 0 Å². The molecule has 0 radical (unpaired) electrons. The molecule has 0 saturated heterocycles. The fourth-order valence-corrected chi connectivity index (χ4v) is 2.98. The quantitative estimate of drug-likeness (QED) is 0.679. The standard InChI is InChI=1S/C9H18FNS/c1-6-5-8(10)3-4-9(6)12-7(2)11/h6-9H,3-5,11H2,1-2H3. The molecule has 12 heavy (non-hydrogen) atoms. The van der Waals surface area contributed by atoms with Gasteiger partial charge in [0.1, 0.15) is 6.17 Å². The van der Waals surface area contributed by atoms with E-state index >= 15 is 0 Å². The summed E-state index contributed by atoms with van der Waals surface area (Å²) in [5.41, 5.74) is 5.69. The molecule has 1 saturated carbocycles. The van der Waals surface area contributed by atoms with Gasteiger partial charge >= 0.3 is 0 Å². The van der Waals surface area contributed by atoms with Crippen molar-refractivity contribution in [3.8, 4) is 0 Å². The molecule has 1 nitrogen and oxygen atoms in total. The maximum absolute atomic E-state index is 12.9. The van der Waals surface area contributed by atoms with Crippen molar-refractivity contribution in [2.24, 2.45) is 11.7 Å². The fourth-order valence-electron chi connectivity index (χ4n) is 1.78. The average molecular weight is 191 g/mol. The van der Waals surface area contributed by atoms with E-state index in [2.05, 4.69) is 6.92 Å². The van der Waals surface area contributed by atoms with Crippen molar-refractivity contribution in [1.82, 2.24) is 0 Å². The first-order valence-electron chi connectivity index (χ1n) is 4.64. The minimum Gasteiger partial charge on any atom is -0.320 e. The summed E-state index contributed by atoms with van der Waals surface area (Å²) in [4.78, 5) is 0. The molecular weight excluding hydrogens is 173 g/mol. The minimum atomic E-state index is -0.565. The molecule has 4 unspecified atom stereocenters. The van der Waals surface area contributed by atoms with Crippen LogP contribution in [0.3, 0.4) is 0 Å². The van der Waals surface area contributed by atoms with Crippen LogP contribution in [0.25, 0.3) is 0 Å². The maximum atomic E-state index is 12.9. The van der Waals surface area contributed by atoms with E-state index in [4.69, 9.17) is 5.73 Å². The molecule has 0 bridgehead atoms. The van der Waals surface area contributed by atoms with Crippen LogP contribution in [-0.2, 0) is 0 Å². The molecule has 2 N–H and O–H groups in total. The largest absolute Gasteiger partial charge is 0.320 e. The molecule has 0 aromatic heterocycles. The third kappa shape index (κ3) is 2.94. The number of halogens is 1. The van der Waals surface area contributed by atoms with E-state index in [1.54, 1.807) is 11.8 Å². The number of rotatable bonds is 2. The number of hydrogen-bond donors (Lipinski definition) is 1. The second kappa shape index (κ2) is 4.47. The molecule has 1 aliphatic carbocycles. The highest BCUT2D eigenvalue weighted by Crippen LogP contribution is 2.35. The first-order valence-corrected chi connectivity index (χ1v) is 5.59. The topological polar surface area (TPSA) is 26.0 Å². The highest BCUT2D eigenvalue weighted by atomic mass is 32.2. The van der Waals surface area contributed by atoms with E-state index < -0.39 is 6.17 Å². The molecule has 0 aromatic carbocycles. The van der Waals surface area contributed by atoms with E-state index in [-0.39, 0.29) is 5.37 Å². The Balaban J connectivity index is 2.34. The van der Waals surface area contributed by atoms with E-state index in [0.717, 1.165) is 19.3 Å². The maximum Gasteiger partial charge on any atom is 0.100 e. The Labute approximate surface area is 78.3 Å². The molecule has 3 heteroatoms. The zero-order valence-electron chi connectivity index (χ0n) is 7.79. The van der Waals surface area contributed by atoms with Gasteiger partial charge in [0.25, 0.3) is 0 Å². The van der Waals surface area contributed by atoms with Crippen LogP contribution < -0.4 is 5.73 Å². The second-order valence-corrected chi connectivity index (χ2v) is 5.39. The van der Waals surface area contributed by atoms with Crippen LogP contribution >= 0.6 is 11.8 Å². The van der Waals surface area contributed by atoms with Crippen molar-refractivity contribution in [2.75, 3.05) is 0 Å². The van der Waals surface area contributed by atoms with Gasteiger partial charge in [-0.1, -0.05) is 6.92 Å². The van der Waals surface area contributed by atoms with Crippen molar-refractivity contribution in [3.05, 3.63) is 0 Å². The molecule has 1 aliphatic rings. The highest BCUT2D eigenvalue weighted by molar-refractivity contribution is 8.00. The van der Waals surface area contributed by atoms with Crippen LogP contribution in [0.2, 0.25) is 0 Å². The third-order valence-electron chi connectivity index (χ3n) is 2.42. The predicted octanol–water partition coefficient (Wildman–Crippen LogP) is 2.55. The van der Waals surface area contributed by atoms with Crippen LogP contribution in [-0.4, -0.2) is 16.8 Å². The van der Waals surface area contributed by atoms with Crippen molar-refractivity contribution >= 4 is 11.8 Å². The Hall–Kier alpha value is 0.240. The molecule has 1 fully saturated rings. The van der Waals surface area contributed by atoms with Gasteiger partial charge < -0.3 is 5.73 Å². The van der Waals surface area contributed by atoms with Crippen LogP contribution in [0.5, 0.6) is 0 Å². The molecule has 0 aliphatic heterocycles. The Morgan fingerprint density at radius 2 is 2.17 bits per heavy atom. The zero-order valence-corrected chi connectivity index (χ0v) is 8.61. The number of nitrogens with two attached hydrogens (primary N) is 1. The first-order chi connectivity index (χ1) is 5.59. The minimum absolute atomic E-state index is 0.189. The lowest BCUT2D eigenvalue weighted by Crippen LogP contribution is -2.28. The van der Waals surface area contributed by atoms with Crippen molar-refractivity contribution < 1.29 is 4.39 Å². The Morgan fingerprint density at radius 1 is 1.50 bits per heavy atom. The summed E-state index contributed by atoms with van der Waals surface area (Å²) in [5, 5.41) is 0.769. The van der Waals surface area contributed by atoms with Crippen molar-refractivity contribution in [1.29, 1.82) is 0 Å². The summed E-state index contributed by atoms with van der Waals surface area (Å²) in [6.07, 6.45) is 1.89. The lowest BCUT2D eigenvalue weighted by Gasteiger charge is -2.31. The van der Waals surface area contributed by atoms with Crippen molar-refractivity contribution in [2.45, 2.75) is 49.9 Å². The molecule has 4 atom stereocenters. The average Bonchev–Trinajstić information content (AvgIpc) is 1.94. The lowest BCUT2D eigenvalue weighted by molar-refractivity contribution is 0.213. The van der Waals surface area contributed by atoms with E-state index in [0.29, 0.717) is 11.2 Å². The number of thioether (sulfide) groups is 1. The Kier molecular flexibility index (Phi) is 3.84. The highest BCUT2D eigenvalue weighted by Gasteiger charge is 2.28. The summed E-state index contributed by atoms with van der Waals surface area (Å²) in [7, 11) is 0. The summed E-state index contributed by atoms with van der Waals surface area (Å²) < 4.78 is 12.9. The summed E-state index contributed by atoms with van der Waals surface area (Å²) in [6, 6.07) is 0. The third-order valence-corrected chi connectivity index (χ3v) is 3.90. The van der Waals surface area contributed by atoms with Gasteiger partial charge in [-0.25, -0.2) is 4.39 Å². The SMILES string of the molecule is CC(N)SC1CCC(F)CC1C. The number of hydrogen-bond acceptors (Lipinski definition) is 2. The summed E-state index contributed by atoms with van der Waals surface area (Å²) in [5.74, 6) is 0.491. The predicted molar refractivity (Wildman–Crippen MR) is 52.9 cm³/mol. The van der Waals surface area contributed by atoms with Gasteiger partial charge in [0, 0.05) is 10.6 Å². The zero-order chi connectivity index (χ0) is 9.14. The smallest absolute Gasteiger partial charge is 0.100 e. The molecule has 72 valence electrons. The van der Waals surface area contributed by atoms with E-state index in [1.807, 2.05) is 6.92 Å². The molecule has 0 aromatic rings. The van der Waals surface area contributed by atoms with Crippen LogP contribution in [0.4, 0.5) is 4.39 Å².